The predicted molar refractivity (Wildman–Crippen MR) is 83.5 cm³/mol. The standard InChI is InChI=1S/C14H21.Na.H3O4P/c1-6-11(2)12-8-7-9-13(10-12)14(3,4)5;;1-5(2,3)4/h7-8,10-11H,6H2,1-5H3;;(H3,1,2,3,4). The van der Waals surface area contributed by atoms with Gasteiger partial charge in [-0.2, -0.15) is 0 Å². The van der Waals surface area contributed by atoms with Gasteiger partial charge in [0.15, 0.2) is 0 Å². The van der Waals surface area contributed by atoms with Gasteiger partial charge in [0.05, 0.1) is 0 Å². The van der Waals surface area contributed by atoms with Crippen molar-refractivity contribution < 1.29 is 19.2 Å². The van der Waals surface area contributed by atoms with Gasteiger partial charge < -0.3 is 14.7 Å². The van der Waals surface area contributed by atoms with E-state index in [1.165, 1.54) is 12.0 Å². The monoisotopic (exact) mass is 310 g/mol. The zero-order chi connectivity index (χ0) is 16.1. The van der Waals surface area contributed by atoms with Crippen LogP contribution >= 0.6 is 7.82 Å². The Morgan fingerprint density at radius 3 is 2.05 bits per heavy atom. The predicted octanol–water partition coefficient (Wildman–Crippen LogP) is 2.36. The molecule has 0 saturated carbocycles. The maximum Gasteiger partial charge on any atom is 0.466 e. The molecule has 0 aliphatic rings. The molecule has 0 heterocycles. The molecule has 6 heteroatoms. The van der Waals surface area contributed by atoms with E-state index in [0.717, 1.165) is 27.9 Å². The second-order valence-corrected chi connectivity index (χ2v) is 8.25. The van der Waals surface area contributed by atoms with Crippen molar-refractivity contribution >= 4 is 38.6 Å². The molecule has 0 radical (unpaired) electrons. The quantitative estimate of drug-likeness (QED) is 0.579. The third kappa shape index (κ3) is 8.58. The van der Waals surface area contributed by atoms with Crippen LogP contribution in [-0.4, -0.2) is 42.6 Å². The van der Waals surface area contributed by atoms with Crippen LogP contribution in [0.25, 0.3) is 0 Å². The summed E-state index contributed by atoms with van der Waals surface area (Å²) in [5.41, 5.74) is 3.34. The maximum atomic E-state index is 8.88. The average Bonchev–Trinajstić information content (AvgIpc) is 2.24. The van der Waals surface area contributed by atoms with E-state index in [4.69, 9.17) is 19.2 Å². The summed E-state index contributed by atoms with van der Waals surface area (Å²) in [5.74, 6) is 0.688. The van der Waals surface area contributed by atoms with Crippen LogP contribution in [0, 0.1) is 0 Å². The van der Waals surface area contributed by atoms with Gasteiger partial charge in [-0.05, 0) is 0 Å². The Balaban J connectivity index is 0.000000621. The maximum absolute atomic E-state index is 8.88. The fourth-order valence-corrected chi connectivity index (χ4v) is 3.05. The Bertz CT molecular complexity index is 468. The molecule has 0 aliphatic carbocycles. The number of hydrogen-bond acceptors (Lipinski definition) is 1. The van der Waals surface area contributed by atoms with Crippen molar-refractivity contribution in [2.24, 2.45) is 0 Å². The Hall–Kier alpha value is 0.330. The fourth-order valence-electron chi connectivity index (χ4n) is 1.99. The van der Waals surface area contributed by atoms with Gasteiger partial charge in [0, 0.05) is 0 Å². The zero-order valence-corrected chi connectivity index (χ0v) is 16.1. The molecule has 0 spiro atoms. The number of phosphoric acid groups is 1. The number of hydrogen-bond donors (Lipinski definition) is 3. The fraction of sp³-hybridized carbons (Fsp3) is 0.571. The normalized spacial score (nSPS) is 13.5. The second-order valence-electron chi connectivity index (χ2n) is 6.15. The molecule has 20 heavy (non-hydrogen) atoms. The van der Waals surface area contributed by atoms with Crippen molar-refractivity contribution in [1.29, 1.82) is 0 Å². The van der Waals surface area contributed by atoms with Crippen LogP contribution < -0.4 is 2.81 Å². The van der Waals surface area contributed by atoms with E-state index >= 15 is 0 Å². The first kappa shape index (κ1) is 20.3. The Morgan fingerprint density at radius 1 is 1.25 bits per heavy atom. The molecule has 1 aromatic carbocycles. The average molecular weight is 310 g/mol. The molecule has 0 amide bonds. The van der Waals surface area contributed by atoms with E-state index in [1.807, 2.05) is 0 Å². The summed E-state index contributed by atoms with van der Waals surface area (Å²) in [4.78, 5) is 21.6. The van der Waals surface area contributed by atoms with Crippen LogP contribution in [0.1, 0.15) is 58.1 Å². The Labute approximate surface area is 139 Å². The van der Waals surface area contributed by atoms with Gasteiger partial charge in [-0.3, -0.25) is 0 Å². The SMILES string of the molecule is CCC(C)c1cc[c]([Na])c(C(C)(C)C)c1.O=P(O)(O)O. The molecule has 0 fully saturated rings. The first-order chi connectivity index (χ1) is 8.86. The van der Waals surface area contributed by atoms with Gasteiger partial charge in [-0.1, -0.05) is 0 Å². The number of benzene rings is 1. The molecule has 0 aliphatic heterocycles. The van der Waals surface area contributed by atoms with Gasteiger partial charge in [0.25, 0.3) is 0 Å². The summed E-state index contributed by atoms with van der Waals surface area (Å²) in [6.45, 7) is 11.5. The Morgan fingerprint density at radius 2 is 1.70 bits per heavy atom. The molecule has 110 valence electrons. The minimum absolute atomic E-state index is 0.292. The molecular weight excluding hydrogens is 286 g/mol. The van der Waals surface area contributed by atoms with E-state index in [0.29, 0.717) is 11.3 Å². The molecule has 1 aromatic rings. The third-order valence-electron chi connectivity index (χ3n) is 3.25. The largest absolute Gasteiger partial charge is 0.466 e. The van der Waals surface area contributed by atoms with Gasteiger partial charge in [-0.15, -0.1) is 0 Å². The van der Waals surface area contributed by atoms with Crippen LogP contribution in [0.4, 0.5) is 0 Å². The zero-order valence-electron chi connectivity index (χ0n) is 13.2. The van der Waals surface area contributed by atoms with Crippen LogP contribution in [0.5, 0.6) is 0 Å². The summed E-state index contributed by atoms with van der Waals surface area (Å²) in [5, 5.41) is 0. The van der Waals surface area contributed by atoms with Gasteiger partial charge in [0.2, 0.25) is 0 Å². The van der Waals surface area contributed by atoms with Crippen LogP contribution in [0.2, 0.25) is 0 Å². The second kappa shape index (κ2) is 8.09. The van der Waals surface area contributed by atoms with Gasteiger partial charge in [0.1, 0.15) is 0 Å². The molecule has 0 saturated heterocycles. The summed E-state index contributed by atoms with van der Waals surface area (Å²) < 4.78 is 10.4. The molecule has 3 N–H and O–H groups in total. The molecule has 0 aromatic heterocycles. The van der Waals surface area contributed by atoms with E-state index in [2.05, 4.69) is 52.8 Å². The van der Waals surface area contributed by atoms with Crippen molar-refractivity contribution in [1.82, 2.24) is 0 Å². The van der Waals surface area contributed by atoms with E-state index in [1.54, 1.807) is 8.38 Å². The van der Waals surface area contributed by atoms with Crippen LogP contribution in [-0.2, 0) is 9.98 Å². The topological polar surface area (TPSA) is 77.8 Å². The smallest absolute Gasteiger partial charge is 0.303 e. The van der Waals surface area contributed by atoms with Crippen LogP contribution in [0.15, 0.2) is 18.2 Å². The molecule has 1 atom stereocenters. The minimum atomic E-state index is -4.64. The summed E-state index contributed by atoms with van der Waals surface area (Å²) in [6, 6.07) is 7.07. The van der Waals surface area contributed by atoms with Crippen LogP contribution in [0.3, 0.4) is 0 Å². The molecule has 1 unspecified atom stereocenters. The van der Waals surface area contributed by atoms with Crippen molar-refractivity contribution in [3.05, 3.63) is 29.3 Å². The molecule has 0 bridgehead atoms. The summed E-state index contributed by atoms with van der Waals surface area (Å²) >= 11 is 1.15. The van der Waals surface area contributed by atoms with E-state index in [9.17, 15) is 0 Å². The third-order valence-corrected chi connectivity index (χ3v) is 4.12. The first-order valence-electron chi connectivity index (χ1n) is 6.75. The summed E-state index contributed by atoms with van der Waals surface area (Å²) in [7, 11) is -4.64. The van der Waals surface area contributed by atoms with Crippen molar-refractivity contribution in [3.8, 4) is 0 Å². The van der Waals surface area contributed by atoms with Crippen molar-refractivity contribution in [2.45, 2.75) is 52.4 Å². The van der Waals surface area contributed by atoms with Gasteiger partial charge >= 0.3 is 120 Å². The van der Waals surface area contributed by atoms with E-state index < -0.39 is 7.82 Å². The Kier molecular flexibility index (Phi) is 8.23. The number of rotatable bonds is 2. The van der Waals surface area contributed by atoms with Crippen molar-refractivity contribution in [3.63, 3.8) is 0 Å². The summed E-state index contributed by atoms with van der Waals surface area (Å²) in [6.07, 6.45) is 1.23. The molecular formula is C14H24NaO4P. The molecule has 1 rings (SSSR count). The van der Waals surface area contributed by atoms with Gasteiger partial charge in [-0.25, -0.2) is 4.57 Å². The molecule has 4 nitrogen and oxygen atoms in total. The van der Waals surface area contributed by atoms with E-state index in [-0.39, 0.29) is 0 Å². The minimum Gasteiger partial charge on any atom is -0.303 e. The first-order valence-corrected chi connectivity index (χ1v) is 9.32. The van der Waals surface area contributed by atoms with Crippen molar-refractivity contribution in [2.75, 3.05) is 0 Å².